The zero-order chi connectivity index (χ0) is 18.3. The average Bonchev–Trinajstić information content (AvgIpc) is 3.29. The maximum atomic E-state index is 13.0. The molecular formula is C15H10ClN5O4S. The number of carbonyl (C=O) groups is 1. The molecular weight excluding hydrogens is 382 g/mol. The molecule has 0 radical (unpaired) electrons. The van der Waals surface area contributed by atoms with Crippen molar-refractivity contribution in [3.8, 4) is 11.6 Å². The van der Waals surface area contributed by atoms with Crippen molar-refractivity contribution in [1.29, 1.82) is 0 Å². The van der Waals surface area contributed by atoms with Gasteiger partial charge < -0.3 is 4.42 Å². The summed E-state index contributed by atoms with van der Waals surface area (Å²) in [4.78, 5) is 23.3. The molecule has 0 fully saturated rings. The first-order valence-electron chi connectivity index (χ1n) is 7.44. The minimum absolute atomic E-state index is 0.0107. The van der Waals surface area contributed by atoms with E-state index in [2.05, 4.69) is 10.2 Å². The number of nitro groups is 1. The van der Waals surface area contributed by atoms with Crippen molar-refractivity contribution < 1.29 is 14.1 Å². The molecule has 0 unspecified atom stereocenters. The number of carbonyl (C=O) groups excluding carboxylic acids is 1. The summed E-state index contributed by atoms with van der Waals surface area (Å²) in [6.45, 7) is 0.398. The third-order valence-electron chi connectivity index (χ3n) is 3.76. The molecule has 1 aliphatic heterocycles. The van der Waals surface area contributed by atoms with Gasteiger partial charge in [0.05, 0.1) is 28.3 Å². The van der Waals surface area contributed by atoms with Crippen molar-refractivity contribution in [1.82, 2.24) is 14.9 Å². The summed E-state index contributed by atoms with van der Waals surface area (Å²) in [5.74, 6) is 1.09. The molecule has 1 aromatic carbocycles. The van der Waals surface area contributed by atoms with E-state index in [9.17, 15) is 14.9 Å². The van der Waals surface area contributed by atoms with Gasteiger partial charge in [-0.1, -0.05) is 23.4 Å². The number of hydrogen-bond acceptors (Lipinski definition) is 7. The van der Waals surface area contributed by atoms with Gasteiger partial charge in [0, 0.05) is 17.9 Å². The van der Waals surface area contributed by atoms with Crippen molar-refractivity contribution >= 4 is 35.0 Å². The van der Waals surface area contributed by atoms with Crippen LogP contribution in [-0.4, -0.2) is 38.0 Å². The molecule has 0 spiro atoms. The smallest absolute Gasteiger partial charge is 0.274 e. The second-order valence-corrected chi connectivity index (χ2v) is 6.76. The summed E-state index contributed by atoms with van der Waals surface area (Å²) in [6, 6.07) is 7.19. The Bertz CT molecular complexity index is 1000. The Labute approximate surface area is 155 Å². The number of halogens is 1. The molecule has 0 saturated heterocycles. The molecule has 0 saturated carbocycles. The summed E-state index contributed by atoms with van der Waals surface area (Å²) < 4.78 is 6.95. The molecule has 0 atom stereocenters. The Morgan fingerprint density at radius 3 is 2.88 bits per heavy atom. The molecule has 2 aromatic heterocycles. The number of rotatable bonds is 3. The quantitative estimate of drug-likeness (QED) is 0.498. The molecule has 0 bridgehead atoms. The van der Waals surface area contributed by atoms with Crippen molar-refractivity contribution in [3.63, 3.8) is 0 Å². The average molecular weight is 392 g/mol. The van der Waals surface area contributed by atoms with Crippen LogP contribution in [0.2, 0.25) is 5.02 Å². The van der Waals surface area contributed by atoms with Gasteiger partial charge in [0.15, 0.2) is 5.76 Å². The lowest BCUT2D eigenvalue weighted by Gasteiger charge is -2.29. The van der Waals surface area contributed by atoms with E-state index in [0.29, 0.717) is 29.0 Å². The van der Waals surface area contributed by atoms with Gasteiger partial charge in [-0.05, 0) is 18.2 Å². The minimum Gasteiger partial charge on any atom is -0.461 e. The SMILES string of the molecule is O=C(c1ccc([N+](=O)[O-])cc1Cl)N1CCSc2nnc(-c3ccco3)n21. The fourth-order valence-corrected chi connectivity index (χ4v) is 3.69. The van der Waals surface area contributed by atoms with E-state index >= 15 is 0 Å². The summed E-state index contributed by atoms with van der Waals surface area (Å²) in [7, 11) is 0. The zero-order valence-corrected chi connectivity index (χ0v) is 14.6. The Kier molecular flexibility index (Phi) is 4.13. The third kappa shape index (κ3) is 2.72. The number of benzene rings is 1. The number of hydrogen-bond donors (Lipinski definition) is 0. The topological polar surface area (TPSA) is 107 Å². The maximum absolute atomic E-state index is 13.0. The number of nitro benzene ring substituents is 1. The van der Waals surface area contributed by atoms with Gasteiger partial charge in [-0.2, -0.15) is 0 Å². The van der Waals surface area contributed by atoms with Crippen LogP contribution in [0.4, 0.5) is 5.69 Å². The van der Waals surface area contributed by atoms with E-state index in [0.717, 1.165) is 6.07 Å². The number of nitrogens with zero attached hydrogens (tertiary/aromatic N) is 5. The normalized spacial score (nSPS) is 13.5. The van der Waals surface area contributed by atoms with Crippen LogP contribution in [-0.2, 0) is 0 Å². The predicted molar refractivity (Wildman–Crippen MR) is 94.0 cm³/mol. The Balaban J connectivity index is 1.76. The van der Waals surface area contributed by atoms with Crippen LogP contribution in [0.5, 0.6) is 0 Å². The van der Waals surface area contributed by atoms with Crippen molar-refractivity contribution in [2.24, 2.45) is 0 Å². The van der Waals surface area contributed by atoms with Crippen LogP contribution in [0.15, 0.2) is 46.2 Å². The van der Waals surface area contributed by atoms with Crippen LogP contribution < -0.4 is 5.01 Å². The van der Waals surface area contributed by atoms with Crippen molar-refractivity contribution in [2.45, 2.75) is 5.16 Å². The lowest BCUT2D eigenvalue weighted by molar-refractivity contribution is -0.384. The van der Waals surface area contributed by atoms with Crippen LogP contribution in [0.1, 0.15) is 10.4 Å². The van der Waals surface area contributed by atoms with Crippen molar-refractivity contribution in [2.75, 3.05) is 17.3 Å². The first-order chi connectivity index (χ1) is 12.6. The first kappa shape index (κ1) is 16.6. The fourth-order valence-electron chi connectivity index (χ4n) is 2.58. The highest BCUT2D eigenvalue weighted by Gasteiger charge is 2.30. The highest BCUT2D eigenvalue weighted by atomic mass is 35.5. The molecule has 26 heavy (non-hydrogen) atoms. The molecule has 9 nitrogen and oxygen atoms in total. The standard InChI is InChI=1S/C15H10ClN5O4S/c16-11-8-9(21(23)24)3-4-10(11)14(22)19-5-7-26-15-18-17-13(20(15)19)12-2-1-6-25-12/h1-4,6,8H,5,7H2. The molecule has 132 valence electrons. The summed E-state index contributed by atoms with van der Waals surface area (Å²) >= 11 is 7.58. The largest absolute Gasteiger partial charge is 0.461 e. The first-order valence-corrected chi connectivity index (χ1v) is 8.81. The highest BCUT2D eigenvalue weighted by molar-refractivity contribution is 7.99. The van der Waals surface area contributed by atoms with Crippen LogP contribution in [0.25, 0.3) is 11.6 Å². The van der Waals surface area contributed by atoms with Gasteiger partial charge in [-0.25, -0.2) is 9.69 Å². The number of thioether (sulfide) groups is 1. The van der Waals surface area contributed by atoms with E-state index in [1.807, 2.05) is 0 Å². The monoisotopic (exact) mass is 391 g/mol. The summed E-state index contributed by atoms with van der Waals surface area (Å²) in [6.07, 6.45) is 1.51. The van der Waals surface area contributed by atoms with Gasteiger partial charge >= 0.3 is 0 Å². The van der Waals surface area contributed by atoms with Gasteiger partial charge in [0.25, 0.3) is 11.6 Å². The van der Waals surface area contributed by atoms with Crippen LogP contribution in [0, 0.1) is 10.1 Å². The Hall–Kier alpha value is -2.85. The molecule has 3 heterocycles. The summed E-state index contributed by atoms with van der Waals surface area (Å²) in [5.41, 5.74) is -0.0174. The van der Waals surface area contributed by atoms with Crippen LogP contribution in [0.3, 0.4) is 0 Å². The predicted octanol–water partition coefficient (Wildman–Crippen LogP) is 2.98. The molecule has 1 amide bonds. The minimum atomic E-state index is -0.565. The van der Waals surface area contributed by atoms with E-state index in [-0.39, 0.29) is 16.3 Å². The fraction of sp³-hybridized carbons (Fsp3) is 0.133. The molecule has 0 aliphatic carbocycles. The Morgan fingerprint density at radius 1 is 1.35 bits per heavy atom. The number of non-ortho nitro benzene ring substituents is 1. The second-order valence-electron chi connectivity index (χ2n) is 5.29. The number of amides is 1. The second kappa shape index (κ2) is 6.46. The number of furan rings is 1. The summed E-state index contributed by atoms with van der Waals surface area (Å²) in [5, 5.41) is 21.1. The van der Waals surface area contributed by atoms with Gasteiger partial charge in [-0.3, -0.25) is 14.9 Å². The van der Waals surface area contributed by atoms with Crippen LogP contribution >= 0.6 is 23.4 Å². The molecule has 0 N–H and O–H groups in total. The van der Waals surface area contributed by atoms with Gasteiger partial charge in [0.1, 0.15) is 0 Å². The molecule has 11 heteroatoms. The van der Waals surface area contributed by atoms with E-state index in [1.54, 1.807) is 16.8 Å². The molecule has 1 aliphatic rings. The Morgan fingerprint density at radius 2 is 2.19 bits per heavy atom. The number of aromatic nitrogens is 3. The number of fused-ring (bicyclic) bond motifs is 1. The van der Waals surface area contributed by atoms with E-state index in [1.165, 1.54) is 35.2 Å². The third-order valence-corrected chi connectivity index (χ3v) is 4.97. The zero-order valence-electron chi connectivity index (χ0n) is 13.0. The van der Waals surface area contributed by atoms with Gasteiger partial charge in [0.2, 0.25) is 11.0 Å². The molecule has 4 rings (SSSR count). The maximum Gasteiger partial charge on any atom is 0.274 e. The van der Waals surface area contributed by atoms with Crippen molar-refractivity contribution in [3.05, 3.63) is 57.3 Å². The lowest BCUT2D eigenvalue weighted by Crippen LogP contribution is -2.45. The molecule has 3 aromatic rings. The lowest BCUT2D eigenvalue weighted by atomic mass is 10.2. The highest BCUT2D eigenvalue weighted by Crippen LogP contribution is 2.30. The van der Waals surface area contributed by atoms with Gasteiger partial charge in [-0.15, -0.1) is 10.2 Å². The van der Waals surface area contributed by atoms with E-state index < -0.39 is 10.8 Å². The van der Waals surface area contributed by atoms with E-state index in [4.69, 9.17) is 16.0 Å².